The minimum Gasteiger partial charge on any atom is -0.411 e. The topological polar surface area (TPSA) is 18.5 Å². The van der Waals surface area contributed by atoms with Crippen molar-refractivity contribution >= 4 is 8.32 Å². The van der Waals surface area contributed by atoms with E-state index in [1.807, 2.05) is 6.08 Å². The Morgan fingerprint density at radius 2 is 1.46 bits per heavy atom. The molecule has 0 aromatic rings. The van der Waals surface area contributed by atoms with Crippen LogP contribution < -0.4 is 0 Å². The second-order valence-electron chi connectivity index (χ2n) is 10.4. The van der Waals surface area contributed by atoms with Gasteiger partial charge >= 0.3 is 0 Å². The molecule has 28 heavy (non-hydrogen) atoms. The van der Waals surface area contributed by atoms with Crippen LogP contribution in [0, 0.1) is 0 Å². The summed E-state index contributed by atoms with van der Waals surface area (Å²) in [6.07, 6.45) is 19.8. The molecule has 1 saturated heterocycles. The molecule has 0 aromatic heterocycles. The van der Waals surface area contributed by atoms with Crippen LogP contribution in [0.25, 0.3) is 0 Å². The van der Waals surface area contributed by atoms with Crippen molar-refractivity contribution in [3.8, 4) is 0 Å². The first-order chi connectivity index (χ1) is 13.2. The van der Waals surface area contributed by atoms with Gasteiger partial charge in [-0.25, -0.2) is 0 Å². The molecule has 0 unspecified atom stereocenters. The molecule has 1 heterocycles. The van der Waals surface area contributed by atoms with Gasteiger partial charge in [0.2, 0.25) is 0 Å². The van der Waals surface area contributed by atoms with Gasteiger partial charge in [-0.2, -0.15) is 0 Å². The summed E-state index contributed by atoms with van der Waals surface area (Å²) >= 11 is 0. The number of rotatable bonds is 14. The van der Waals surface area contributed by atoms with Gasteiger partial charge < -0.3 is 9.16 Å². The van der Waals surface area contributed by atoms with Gasteiger partial charge in [-0.1, -0.05) is 98.0 Å². The lowest BCUT2D eigenvalue weighted by Crippen LogP contribution is -2.50. The van der Waals surface area contributed by atoms with E-state index in [1.165, 1.54) is 64.2 Å². The highest BCUT2D eigenvalue weighted by Gasteiger charge is 2.42. The lowest BCUT2D eigenvalue weighted by molar-refractivity contribution is -0.0986. The van der Waals surface area contributed by atoms with E-state index in [-0.39, 0.29) is 23.4 Å². The fraction of sp³-hybridized carbons (Fsp3) is 0.920. The van der Waals surface area contributed by atoms with Crippen molar-refractivity contribution in [2.45, 2.75) is 148 Å². The van der Waals surface area contributed by atoms with Crippen molar-refractivity contribution in [3.05, 3.63) is 12.7 Å². The largest absolute Gasteiger partial charge is 0.411 e. The van der Waals surface area contributed by atoms with E-state index >= 15 is 0 Å². The van der Waals surface area contributed by atoms with Gasteiger partial charge in [-0.15, -0.1) is 6.58 Å². The molecule has 2 nitrogen and oxygen atoms in total. The van der Waals surface area contributed by atoms with E-state index in [0.29, 0.717) is 0 Å². The summed E-state index contributed by atoms with van der Waals surface area (Å²) in [6, 6.07) is 0. The Hall–Kier alpha value is -0.123. The van der Waals surface area contributed by atoms with Crippen LogP contribution in [0.2, 0.25) is 18.1 Å². The Morgan fingerprint density at radius 1 is 0.929 bits per heavy atom. The summed E-state index contributed by atoms with van der Waals surface area (Å²) in [7, 11) is -1.75. The lowest BCUT2D eigenvalue weighted by atomic mass is 9.96. The van der Waals surface area contributed by atoms with Gasteiger partial charge in [0, 0.05) is 0 Å². The van der Waals surface area contributed by atoms with Gasteiger partial charge in [0.25, 0.3) is 0 Å². The predicted octanol–water partition coefficient (Wildman–Crippen LogP) is 8.42. The Bertz CT molecular complexity index is 413. The fourth-order valence-corrected chi connectivity index (χ4v) is 5.22. The number of hydrogen-bond donors (Lipinski definition) is 0. The highest BCUT2D eigenvalue weighted by atomic mass is 28.4. The third kappa shape index (κ3) is 9.58. The average Bonchev–Trinajstić information content (AvgIpc) is 2.63. The molecule has 0 amide bonds. The quantitative estimate of drug-likeness (QED) is 0.162. The molecular formula is C25H50O2Si. The Labute approximate surface area is 178 Å². The summed E-state index contributed by atoms with van der Waals surface area (Å²) < 4.78 is 13.1. The molecular weight excluding hydrogens is 360 g/mol. The van der Waals surface area contributed by atoms with Crippen molar-refractivity contribution in [3.63, 3.8) is 0 Å². The molecule has 0 aromatic carbocycles. The van der Waals surface area contributed by atoms with E-state index < -0.39 is 8.32 Å². The monoisotopic (exact) mass is 410 g/mol. The Morgan fingerprint density at radius 3 is 1.96 bits per heavy atom. The first-order valence-electron chi connectivity index (χ1n) is 12.2. The van der Waals surface area contributed by atoms with Crippen molar-refractivity contribution in [2.24, 2.45) is 0 Å². The molecule has 1 rings (SSSR count). The van der Waals surface area contributed by atoms with E-state index in [9.17, 15) is 0 Å². The van der Waals surface area contributed by atoms with Crippen molar-refractivity contribution in [1.29, 1.82) is 0 Å². The van der Waals surface area contributed by atoms with Crippen LogP contribution >= 0.6 is 0 Å². The van der Waals surface area contributed by atoms with E-state index in [1.54, 1.807) is 0 Å². The first-order valence-corrected chi connectivity index (χ1v) is 15.1. The highest BCUT2D eigenvalue weighted by molar-refractivity contribution is 6.74. The zero-order valence-electron chi connectivity index (χ0n) is 20.0. The maximum atomic E-state index is 6.77. The fourth-order valence-electron chi connectivity index (χ4n) is 3.84. The summed E-state index contributed by atoms with van der Waals surface area (Å²) in [6.45, 7) is 18.0. The van der Waals surface area contributed by atoms with Gasteiger partial charge in [0.05, 0.1) is 18.3 Å². The van der Waals surface area contributed by atoms with Gasteiger partial charge in [0.15, 0.2) is 8.32 Å². The normalized spacial score (nSPS) is 23.7. The van der Waals surface area contributed by atoms with Gasteiger partial charge in [-0.3, -0.25) is 0 Å². The van der Waals surface area contributed by atoms with Crippen LogP contribution in [-0.4, -0.2) is 26.6 Å². The zero-order valence-corrected chi connectivity index (χ0v) is 21.0. The second kappa shape index (κ2) is 13.2. The molecule has 1 fully saturated rings. The minimum atomic E-state index is -1.75. The van der Waals surface area contributed by atoms with Crippen LogP contribution in [0.4, 0.5) is 0 Å². The zero-order chi connectivity index (χ0) is 21.0. The molecule has 0 N–H and O–H groups in total. The average molecular weight is 411 g/mol. The van der Waals surface area contributed by atoms with Crippen LogP contribution in [0.15, 0.2) is 12.7 Å². The molecule has 0 bridgehead atoms. The lowest BCUT2D eigenvalue weighted by Gasteiger charge is -2.44. The first kappa shape index (κ1) is 25.9. The summed E-state index contributed by atoms with van der Waals surface area (Å²) in [5.74, 6) is 0. The van der Waals surface area contributed by atoms with Crippen molar-refractivity contribution in [1.82, 2.24) is 0 Å². The van der Waals surface area contributed by atoms with Crippen LogP contribution in [0.1, 0.15) is 111 Å². The molecule has 0 radical (unpaired) electrons. The highest BCUT2D eigenvalue weighted by Crippen LogP contribution is 2.39. The number of ether oxygens (including phenoxy) is 1. The third-order valence-electron chi connectivity index (χ3n) is 6.86. The van der Waals surface area contributed by atoms with E-state index in [0.717, 1.165) is 19.3 Å². The Balaban J connectivity index is 2.34. The SMILES string of the molecule is C=C[C@@H]1CC[C@@H](O[Si](C)(C)C(C)(C)C)[C@@H](CCCCCCCCCCCC)O1. The standard InChI is InChI=1S/C25H50O2Si/c1-8-10-11-12-13-14-15-16-17-18-19-23-24(21-20-22(9-2)26-23)27-28(6,7)25(3,4)5/h9,22-24H,2,8,10-21H2,1,3-7H3/t22-,23-,24-/m1/s1. The predicted molar refractivity (Wildman–Crippen MR) is 127 cm³/mol. The maximum absolute atomic E-state index is 6.77. The summed E-state index contributed by atoms with van der Waals surface area (Å²) in [4.78, 5) is 0. The summed E-state index contributed by atoms with van der Waals surface area (Å²) in [5, 5.41) is 0.254. The number of hydrogen-bond acceptors (Lipinski definition) is 2. The Kier molecular flexibility index (Phi) is 12.2. The summed E-state index contributed by atoms with van der Waals surface area (Å²) in [5.41, 5.74) is 0. The minimum absolute atomic E-state index is 0.215. The molecule has 0 spiro atoms. The molecule has 166 valence electrons. The molecule has 3 atom stereocenters. The molecule has 1 aliphatic rings. The van der Waals surface area contributed by atoms with Crippen molar-refractivity contribution < 1.29 is 9.16 Å². The van der Waals surface area contributed by atoms with Crippen molar-refractivity contribution in [2.75, 3.05) is 0 Å². The van der Waals surface area contributed by atoms with E-state index in [4.69, 9.17) is 9.16 Å². The van der Waals surface area contributed by atoms with Gasteiger partial charge in [-0.05, 0) is 37.4 Å². The molecule has 3 heteroatoms. The van der Waals surface area contributed by atoms with Gasteiger partial charge in [0.1, 0.15) is 0 Å². The van der Waals surface area contributed by atoms with Crippen LogP contribution in [0.3, 0.4) is 0 Å². The van der Waals surface area contributed by atoms with Crippen LogP contribution in [-0.2, 0) is 9.16 Å². The molecule has 0 saturated carbocycles. The maximum Gasteiger partial charge on any atom is 0.192 e. The molecule has 0 aliphatic carbocycles. The smallest absolute Gasteiger partial charge is 0.192 e. The molecule has 1 aliphatic heterocycles. The van der Waals surface area contributed by atoms with E-state index in [2.05, 4.69) is 47.4 Å². The van der Waals surface area contributed by atoms with Crippen LogP contribution in [0.5, 0.6) is 0 Å². The third-order valence-corrected chi connectivity index (χ3v) is 11.4. The number of unbranched alkanes of at least 4 members (excludes halogenated alkanes) is 9. The second-order valence-corrected chi connectivity index (χ2v) is 15.2.